The molecule has 0 saturated heterocycles. The summed E-state index contributed by atoms with van der Waals surface area (Å²) in [6.45, 7) is 1.91. The molecule has 0 heterocycles. The van der Waals surface area contributed by atoms with E-state index in [4.69, 9.17) is 9.47 Å². The van der Waals surface area contributed by atoms with Crippen LogP contribution in [-0.2, 0) is 4.79 Å². The minimum atomic E-state index is -0.229. The number of benzene rings is 2. The lowest BCUT2D eigenvalue weighted by Gasteiger charge is -2.16. The molecule has 1 unspecified atom stereocenters. The lowest BCUT2D eigenvalue weighted by molar-refractivity contribution is -0.117. The molecule has 2 aromatic carbocycles. The molecule has 142 valence electrons. The van der Waals surface area contributed by atoms with Crippen LogP contribution in [0.15, 0.2) is 42.5 Å². The van der Waals surface area contributed by atoms with Crippen molar-refractivity contribution >= 4 is 17.5 Å². The number of hydrogen-bond donors (Lipinski definition) is 2. The predicted molar refractivity (Wildman–Crippen MR) is 103 cm³/mol. The van der Waals surface area contributed by atoms with E-state index in [1.54, 1.807) is 25.3 Å². The van der Waals surface area contributed by atoms with Gasteiger partial charge in [0.15, 0.2) is 0 Å². The number of anilines is 1. The summed E-state index contributed by atoms with van der Waals surface area (Å²) in [5.41, 5.74) is 2.16. The zero-order chi connectivity index (χ0) is 19.4. The van der Waals surface area contributed by atoms with E-state index < -0.39 is 0 Å². The van der Waals surface area contributed by atoms with Gasteiger partial charge in [0.25, 0.3) is 5.91 Å². The Bertz CT molecular complexity index is 829. The second-order valence-electron chi connectivity index (χ2n) is 6.65. The Hall–Kier alpha value is -3.02. The van der Waals surface area contributed by atoms with Crippen molar-refractivity contribution in [3.05, 3.63) is 53.6 Å². The molecule has 2 N–H and O–H groups in total. The number of methoxy groups -OCH3 is 2. The predicted octanol–water partition coefficient (Wildman–Crippen LogP) is 3.54. The maximum absolute atomic E-state index is 12.6. The molecular weight excluding hydrogens is 344 g/mol. The number of carbonyl (C=O) groups is 2. The second kappa shape index (κ2) is 8.12. The molecule has 2 aromatic rings. The van der Waals surface area contributed by atoms with Crippen molar-refractivity contribution in [1.82, 2.24) is 5.32 Å². The smallest absolute Gasteiger partial charge is 0.255 e. The summed E-state index contributed by atoms with van der Waals surface area (Å²) in [6, 6.07) is 12.4. The van der Waals surface area contributed by atoms with Gasteiger partial charge in [-0.25, -0.2) is 0 Å². The standard InChI is InChI=1S/C21H24N2O4/c1-13(14-6-8-16(9-7-14)23-20(24)15-4-5-15)22-21(25)18-11-10-17(26-2)12-19(18)27-3/h6-13,15H,4-5H2,1-3H3,(H,22,25)(H,23,24). The van der Waals surface area contributed by atoms with Crippen molar-refractivity contribution in [1.29, 1.82) is 0 Å². The van der Waals surface area contributed by atoms with Gasteiger partial charge in [-0.05, 0) is 49.6 Å². The molecule has 1 saturated carbocycles. The van der Waals surface area contributed by atoms with Crippen molar-refractivity contribution in [2.75, 3.05) is 19.5 Å². The fourth-order valence-corrected chi connectivity index (χ4v) is 2.79. The van der Waals surface area contributed by atoms with Crippen LogP contribution in [0, 0.1) is 5.92 Å². The first-order valence-electron chi connectivity index (χ1n) is 8.95. The first kappa shape index (κ1) is 18.8. The highest BCUT2D eigenvalue weighted by Gasteiger charge is 2.29. The third-order valence-electron chi connectivity index (χ3n) is 4.63. The normalized spacial score (nSPS) is 14.2. The molecule has 6 nitrogen and oxygen atoms in total. The third-order valence-corrected chi connectivity index (χ3v) is 4.63. The molecule has 0 radical (unpaired) electrons. The van der Waals surface area contributed by atoms with Gasteiger partial charge >= 0.3 is 0 Å². The zero-order valence-electron chi connectivity index (χ0n) is 15.7. The topological polar surface area (TPSA) is 76.7 Å². The highest BCUT2D eigenvalue weighted by Crippen LogP contribution is 2.30. The summed E-state index contributed by atoms with van der Waals surface area (Å²) in [5.74, 6) is 1.10. The van der Waals surface area contributed by atoms with Crippen molar-refractivity contribution in [3.63, 3.8) is 0 Å². The van der Waals surface area contributed by atoms with E-state index in [1.165, 1.54) is 7.11 Å². The highest BCUT2D eigenvalue weighted by atomic mass is 16.5. The summed E-state index contributed by atoms with van der Waals surface area (Å²) in [7, 11) is 3.08. The SMILES string of the molecule is COc1ccc(C(=O)NC(C)c2ccc(NC(=O)C3CC3)cc2)c(OC)c1. The van der Waals surface area contributed by atoms with Crippen LogP contribution in [0.1, 0.15) is 41.7 Å². The number of carbonyl (C=O) groups excluding carboxylic acids is 2. The molecule has 1 aliphatic carbocycles. The van der Waals surface area contributed by atoms with Gasteiger partial charge < -0.3 is 20.1 Å². The Morgan fingerprint density at radius 2 is 1.74 bits per heavy atom. The van der Waals surface area contributed by atoms with Crippen LogP contribution in [0.3, 0.4) is 0 Å². The maximum atomic E-state index is 12.6. The van der Waals surface area contributed by atoms with E-state index in [1.807, 2.05) is 31.2 Å². The molecule has 0 bridgehead atoms. The monoisotopic (exact) mass is 368 g/mol. The van der Waals surface area contributed by atoms with Crippen molar-refractivity contribution in [2.45, 2.75) is 25.8 Å². The summed E-state index contributed by atoms with van der Waals surface area (Å²) in [5, 5.41) is 5.87. The van der Waals surface area contributed by atoms with Crippen molar-refractivity contribution < 1.29 is 19.1 Å². The highest BCUT2D eigenvalue weighted by molar-refractivity contribution is 5.97. The number of hydrogen-bond acceptors (Lipinski definition) is 4. The first-order chi connectivity index (χ1) is 13.0. The van der Waals surface area contributed by atoms with Crippen LogP contribution >= 0.6 is 0 Å². The number of nitrogens with one attached hydrogen (secondary N) is 2. The average Bonchev–Trinajstić information content (AvgIpc) is 3.53. The third kappa shape index (κ3) is 4.58. The summed E-state index contributed by atoms with van der Waals surface area (Å²) >= 11 is 0. The largest absolute Gasteiger partial charge is 0.497 e. The van der Waals surface area contributed by atoms with E-state index in [-0.39, 0.29) is 23.8 Å². The number of amides is 2. The molecule has 6 heteroatoms. The molecule has 1 atom stereocenters. The first-order valence-corrected chi connectivity index (χ1v) is 8.95. The molecule has 2 amide bonds. The molecule has 3 rings (SSSR count). The van der Waals surface area contributed by atoms with Crippen LogP contribution < -0.4 is 20.1 Å². The van der Waals surface area contributed by atoms with Crippen molar-refractivity contribution in [3.8, 4) is 11.5 Å². The summed E-state index contributed by atoms with van der Waals surface area (Å²) in [4.78, 5) is 24.4. The van der Waals surface area contributed by atoms with E-state index in [9.17, 15) is 9.59 Å². The van der Waals surface area contributed by atoms with E-state index in [2.05, 4.69) is 10.6 Å². The minimum absolute atomic E-state index is 0.0794. The van der Waals surface area contributed by atoms with Gasteiger partial charge in [0.1, 0.15) is 11.5 Å². The second-order valence-corrected chi connectivity index (χ2v) is 6.65. The van der Waals surface area contributed by atoms with E-state index >= 15 is 0 Å². The van der Waals surface area contributed by atoms with Gasteiger partial charge in [-0.2, -0.15) is 0 Å². The molecule has 0 aliphatic heterocycles. The van der Waals surface area contributed by atoms with Crippen LogP contribution in [0.4, 0.5) is 5.69 Å². The summed E-state index contributed by atoms with van der Waals surface area (Å²) in [6.07, 6.45) is 1.95. The fraction of sp³-hybridized carbons (Fsp3) is 0.333. The lowest BCUT2D eigenvalue weighted by atomic mass is 10.1. The quantitative estimate of drug-likeness (QED) is 0.784. The van der Waals surface area contributed by atoms with Crippen LogP contribution in [-0.4, -0.2) is 26.0 Å². The molecule has 0 aromatic heterocycles. The fourth-order valence-electron chi connectivity index (χ4n) is 2.79. The summed E-state index contributed by atoms with van der Waals surface area (Å²) < 4.78 is 10.4. The molecular formula is C21H24N2O4. The minimum Gasteiger partial charge on any atom is -0.497 e. The Balaban J connectivity index is 1.64. The Morgan fingerprint density at radius 3 is 2.33 bits per heavy atom. The van der Waals surface area contributed by atoms with Crippen LogP contribution in [0.25, 0.3) is 0 Å². The Morgan fingerprint density at radius 1 is 1.04 bits per heavy atom. The Labute approximate surface area is 158 Å². The molecule has 1 fully saturated rings. The van der Waals surface area contributed by atoms with Gasteiger partial charge in [0.05, 0.1) is 25.8 Å². The van der Waals surface area contributed by atoms with Gasteiger partial charge in [-0.15, -0.1) is 0 Å². The van der Waals surface area contributed by atoms with Gasteiger partial charge in [0.2, 0.25) is 5.91 Å². The average molecular weight is 368 g/mol. The number of rotatable bonds is 7. The maximum Gasteiger partial charge on any atom is 0.255 e. The van der Waals surface area contributed by atoms with Crippen molar-refractivity contribution in [2.24, 2.45) is 5.92 Å². The van der Waals surface area contributed by atoms with Gasteiger partial charge in [-0.3, -0.25) is 9.59 Å². The van der Waals surface area contributed by atoms with E-state index in [0.29, 0.717) is 17.1 Å². The van der Waals surface area contributed by atoms with E-state index in [0.717, 1.165) is 24.1 Å². The van der Waals surface area contributed by atoms with Crippen LogP contribution in [0.5, 0.6) is 11.5 Å². The molecule has 1 aliphatic rings. The van der Waals surface area contributed by atoms with Gasteiger partial charge in [0, 0.05) is 17.7 Å². The van der Waals surface area contributed by atoms with Gasteiger partial charge in [-0.1, -0.05) is 12.1 Å². The Kier molecular flexibility index (Phi) is 5.64. The molecule has 27 heavy (non-hydrogen) atoms. The van der Waals surface area contributed by atoms with Crippen LogP contribution in [0.2, 0.25) is 0 Å². The molecule has 0 spiro atoms. The lowest BCUT2D eigenvalue weighted by Crippen LogP contribution is -2.27. The zero-order valence-corrected chi connectivity index (χ0v) is 15.7. The number of ether oxygens (including phenoxy) is 2.